The molecule has 4 heteroatoms. The Morgan fingerprint density at radius 2 is 2.05 bits per heavy atom. The zero-order valence-corrected chi connectivity index (χ0v) is 11.9. The summed E-state index contributed by atoms with van der Waals surface area (Å²) in [4.78, 5) is 11.6. The molecule has 1 fully saturated rings. The normalized spacial score (nSPS) is 42.5. The van der Waals surface area contributed by atoms with Crippen LogP contribution in [0.4, 0.5) is 0 Å². The summed E-state index contributed by atoms with van der Waals surface area (Å²) in [5, 5.41) is 20.0. The van der Waals surface area contributed by atoms with Crippen molar-refractivity contribution in [2.75, 3.05) is 0 Å². The van der Waals surface area contributed by atoms with Gasteiger partial charge in [0.1, 0.15) is 0 Å². The Kier molecular flexibility index (Phi) is 5.38. The van der Waals surface area contributed by atoms with Crippen molar-refractivity contribution in [3.05, 3.63) is 24.3 Å². The summed E-state index contributed by atoms with van der Waals surface area (Å²) in [6, 6.07) is 0. The van der Waals surface area contributed by atoms with E-state index in [1.165, 1.54) is 12.2 Å². The largest absolute Gasteiger partial charge is 0.460 e. The SMILES string of the molecule is CC1CCC/C=C/C2C[C@H](O)CC2[C@H](O)/C=C/C(=O)O1. The molecule has 20 heavy (non-hydrogen) atoms. The minimum absolute atomic E-state index is 0.0246. The van der Waals surface area contributed by atoms with E-state index in [1.807, 2.05) is 6.92 Å². The first-order chi connectivity index (χ1) is 9.56. The van der Waals surface area contributed by atoms with Crippen LogP contribution >= 0.6 is 0 Å². The summed E-state index contributed by atoms with van der Waals surface area (Å²) < 4.78 is 5.23. The van der Waals surface area contributed by atoms with E-state index >= 15 is 0 Å². The van der Waals surface area contributed by atoms with E-state index in [4.69, 9.17) is 4.74 Å². The van der Waals surface area contributed by atoms with Gasteiger partial charge in [0.05, 0.1) is 18.3 Å². The standard InChI is InChI=1S/C16H24O4/c1-11-5-3-2-4-6-12-9-13(17)10-14(12)15(18)7-8-16(19)20-11/h4,6-8,11-15,17-18H,2-3,5,9-10H2,1H3/b6-4+,8-7+/t11?,12?,13-,14?,15+/m0/s1. The van der Waals surface area contributed by atoms with E-state index in [0.29, 0.717) is 12.8 Å². The number of aliphatic hydroxyl groups excluding tert-OH is 2. The number of carbonyl (C=O) groups excluding carboxylic acids is 1. The molecule has 2 N–H and O–H groups in total. The lowest BCUT2D eigenvalue weighted by atomic mass is 9.90. The maximum Gasteiger partial charge on any atom is 0.330 e. The third-order valence-electron chi connectivity index (χ3n) is 4.19. The fourth-order valence-electron chi connectivity index (χ4n) is 3.10. The Bertz CT molecular complexity index is 388. The van der Waals surface area contributed by atoms with E-state index in [0.717, 1.165) is 19.3 Å². The molecular weight excluding hydrogens is 256 g/mol. The zero-order valence-electron chi connectivity index (χ0n) is 11.9. The number of rotatable bonds is 0. The number of aliphatic hydroxyl groups is 2. The molecule has 0 amide bonds. The third-order valence-corrected chi connectivity index (χ3v) is 4.19. The molecule has 2 rings (SSSR count). The molecule has 5 atom stereocenters. The van der Waals surface area contributed by atoms with Crippen LogP contribution in [-0.2, 0) is 9.53 Å². The molecule has 0 radical (unpaired) electrons. The summed E-state index contributed by atoms with van der Waals surface area (Å²) >= 11 is 0. The van der Waals surface area contributed by atoms with E-state index in [9.17, 15) is 15.0 Å². The van der Waals surface area contributed by atoms with Crippen LogP contribution in [-0.4, -0.2) is 34.5 Å². The predicted octanol–water partition coefficient (Wildman–Crippen LogP) is 1.96. The van der Waals surface area contributed by atoms with Crippen molar-refractivity contribution in [3.63, 3.8) is 0 Å². The number of cyclic esters (lactones) is 1. The molecule has 0 bridgehead atoms. The monoisotopic (exact) mass is 280 g/mol. The van der Waals surface area contributed by atoms with Crippen LogP contribution in [0.1, 0.15) is 39.0 Å². The van der Waals surface area contributed by atoms with E-state index < -0.39 is 12.1 Å². The number of hydrogen-bond donors (Lipinski definition) is 2. The molecule has 0 spiro atoms. The fraction of sp³-hybridized carbons (Fsp3) is 0.688. The molecule has 2 aliphatic rings. The maximum atomic E-state index is 11.6. The van der Waals surface area contributed by atoms with Crippen molar-refractivity contribution in [2.45, 2.75) is 57.3 Å². The van der Waals surface area contributed by atoms with Gasteiger partial charge in [-0.2, -0.15) is 0 Å². The molecule has 1 aliphatic carbocycles. The maximum absolute atomic E-state index is 11.6. The Morgan fingerprint density at radius 3 is 2.85 bits per heavy atom. The number of fused-ring (bicyclic) bond motifs is 1. The molecule has 4 nitrogen and oxygen atoms in total. The second kappa shape index (κ2) is 7.04. The fourth-order valence-corrected chi connectivity index (χ4v) is 3.10. The van der Waals surface area contributed by atoms with Crippen LogP contribution in [0.25, 0.3) is 0 Å². The highest BCUT2D eigenvalue weighted by molar-refractivity contribution is 5.82. The molecular formula is C16H24O4. The number of ether oxygens (including phenoxy) is 1. The second-order valence-electron chi connectivity index (χ2n) is 5.91. The van der Waals surface area contributed by atoms with Gasteiger partial charge in [-0.3, -0.25) is 0 Å². The highest BCUT2D eigenvalue weighted by atomic mass is 16.5. The van der Waals surface area contributed by atoms with Gasteiger partial charge in [-0.05, 0) is 56.9 Å². The molecule has 0 saturated heterocycles. The molecule has 1 saturated carbocycles. The van der Waals surface area contributed by atoms with E-state index in [2.05, 4.69) is 12.2 Å². The molecule has 0 aromatic rings. The van der Waals surface area contributed by atoms with Crippen molar-refractivity contribution < 1.29 is 19.7 Å². The van der Waals surface area contributed by atoms with Crippen molar-refractivity contribution in [1.29, 1.82) is 0 Å². The van der Waals surface area contributed by atoms with Crippen molar-refractivity contribution >= 4 is 5.97 Å². The minimum Gasteiger partial charge on any atom is -0.460 e. The first-order valence-corrected chi connectivity index (χ1v) is 7.48. The summed E-state index contributed by atoms with van der Waals surface area (Å²) in [6.45, 7) is 1.89. The van der Waals surface area contributed by atoms with Gasteiger partial charge in [-0.1, -0.05) is 12.2 Å². The number of allylic oxidation sites excluding steroid dienone is 2. The summed E-state index contributed by atoms with van der Waals surface area (Å²) in [6.07, 6.45) is 9.87. The Labute approximate surface area is 120 Å². The highest BCUT2D eigenvalue weighted by Gasteiger charge is 2.35. The Balaban J connectivity index is 2.11. The lowest BCUT2D eigenvalue weighted by Gasteiger charge is -2.19. The van der Waals surface area contributed by atoms with Gasteiger partial charge < -0.3 is 14.9 Å². The first-order valence-electron chi connectivity index (χ1n) is 7.48. The predicted molar refractivity (Wildman–Crippen MR) is 75.9 cm³/mol. The van der Waals surface area contributed by atoms with E-state index in [-0.39, 0.29) is 24.0 Å². The van der Waals surface area contributed by atoms with Crippen LogP contribution in [0.15, 0.2) is 24.3 Å². The van der Waals surface area contributed by atoms with Gasteiger partial charge in [0.2, 0.25) is 0 Å². The van der Waals surface area contributed by atoms with Gasteiger partial charge in [0.25, 0.3) is 0 Å². The Hall–Kier alpha value is -1.13. The van der Waals surface area contributed by atoms with Gasteiger partial charge >= 0.3 is 5.97 Å². The van der Waals surface area contributed by atoms with Crippen molar-refractivity contribution in [3.8, 4) is 0 Å². The quantitative estimate of drug-likeness (QED) is 0.526. The van der Waals surface area contributed by atoms with Gasteiger partial charge in [-0.15, -0.1) is 0 Å². The van der Waals surface area contributed by atoms with Crippen LogP contribution in [0, 0.1) is 11.8 Å². The topological polar surface area (TPSA) is 66.8 Å². The molecule has 1 heterocycles. The number of carbonyl (C=O) groups is 1. The summed E-state index contributed by atoms with van der Waals surface area (Å²) in [5.41, 5.74) is 0. The van der Waals surface area contributed by atoms with Crippen LogP contribution in [0.2, 0.25) is 0 Å². The first kappa shape index (κ1) is 15.3. The van der Waals surface area contributed by atoms with Crippen molar-refractivity contribution in [2.24, 2.45) is 11.8 Å². The molecule has 112 valence electrons. The Morgan fingerprint density at radius 1 is 1.25 bits per heavy atom. The molecule has 3 unspecified atom stereocenters. The molecule has 1 aliphatic heterocycles. The van der Waals surface area contributed by atoms with Crippen LogP contribution in [0.3, 0.4) is 0 Å². The summed E-state index contributed by atoms with van der Waals surface area (Å²) in [7, 11) is 0. The van der Waals surface area contributed by atoms with Crippen LogP contribution < -0.4 is 0 Å². The zero-order chi connectivity index (χ0) is 14.5. The lowest BCUT2D eigenvalue weighted by molar-refractivity contribution is -0.142. The highest BCUT2D eigenvalue weighted by Crippen LogP contribution is 2.36. The molecule has 0 aromatic carbocycles. The van der Waals surface area contributed by atoms with Crippen LogP contribution in [0.5, 0.6) is 0 Å². The summed E-state index contributed by atoms with van der Waals surface area (Å²) in [5.74, 6) is -0.249. The third kappa shape index (κ3) is 4.18. The van der Waals surface area contributed by atoms with Gasteiger partial charge in [0, 0.05) is 6.08 Å². The van der Waals surface area contributed by atoms with Crippen molar-refractivity contribution in [1.82, 2.24) is 0 Å². The van der Waals surface area contributed by atoms with Gasteiger partial charge in [0.15, 0.2) is 0 Å². The average Bonchev–Trinajstić information content (AvgIpc) is 2.76. The minimum atomic E-state index is -0.717. The van der Waals surface area contributed by atoms with Gasteiger partial charge in [-0.25, -0.2) is 4.79 Å². The molecule has 0 aromatic heterocycles. The number of esters is 1. The van der Waals surface area contributed by atoms with E-state index in [1.54, 1.807) is 0 Å². The average molecular weight is 280 g/mol. The second-order valence-corrected chi connectivity index (χ2v) is 5.91. The number of hydrogen-bond acceptors (Lipinski definition) is 4. The lowest BCUT2D eigenvalue weighted by Crippen LogP contribution is -2.21. The smallest absolute Gasteiger partial charge is 0.330 e.